The Labute approximate surface area is 117 Å². The van der Waals surface area contributed by atoms with Crippen molar-refractivity contribution in [1.82, 2.24) is 0 Å². The minimum absolute atomic E-state index is 0.261. The van der Waals surface area contributed by atoms with E-state index in [1.165, 1.54) is 12.1 Å². The predicted octanol–water partition coefficient (Wildman–Crippen LogP) is 3.74. The summed E-state index contributed by atoms with van der Waals surface area (Å²) in [6.07, 6.45) is 3.07. The maximum absolute atomic E-state index is 10.9. The molecule has 0 aliphatic rings. The van der Waals surface area contributed by atoms with Crippen LogP contribution in [0.3, 0.4) is 0 Å². The maximum atomic E-state index is 10.9. The molecule has 0 saturated carbocycles. The van der Waals surface area contributed by atoms with Crippen LogP contribution < -0.4 is 5.32 Å². The molecule has 0 heterocycles. The Morgan fingerprint density at radius 1 is 1.15 bits per heavy atom. The van der Waals surface area contributed by atoms with Gasteiger partial charge in [0.25, 0.3) is 11.4 Å². The molecule has 110 valence electrons. The number of benzene rings is 1. The molecular formula is C13H19N3O4. The zero-order valence-corrected chi connectivity index (χ0v) is 11.7. The smallest absolute Gasteiger partial charge is 0.299 e. The third-order valence-corrected chi connectivity index (χ3v) is 2.91. The second-order valence-electron chi connectivity index (χ2n) is 5.03. The molecule has 7 heteroatoms. The Kier molecular flexibility index (Phi) is 5.89. The van der Waals surface area contributed by atoms with Crippen molar-refractivity contribution in [1.29, 1.82) is 0 Å². The van der Waals surface area contributed by atoms with Crippen LogP contribution in [0.15, 0.2) is 18.2 Å². The van der Waals surface area contributed by atoms with Crippen LogP contribution in [0.2, 0.25) is 0 Å². The number of nitrogens with zero attached hydrogens (tertiary/aromatic N) is 2. The summed E-state index contributed by atoms with van der Waals surface area (Å²) in [6.45, 7) is 4.91. The van der Waals surface area contributed by atoms with E-state index >= 15 is 0 Å². The molecule has 0 aromatic heterocycles. The van der Waals surface area contributed by atoms with Gasteiger partial charge in [0.05, 0.1) is 15.9 Å². The van der Waals surface area contributed by atoms with Crippen molar-refractivity contribution < 1.29 is 9.85 Å². The minimum atomic E-state index is -0.639. The van der Waals surface area contributed by atoms with Gasteiger partial charge in [0.15, 0.2) is 0 Å². The molecule has 1 N–H and O–H groups in total. The van der Waals surface area contributed by atoms with Crippen molar-refractivity contribution >= 4 is 17.1 Å². The van der Waals surface area contributed by atoms with Crippen molar-refractivity contribution in [2.24, 2.45) is 5.92 Å². The quantitative estimate of drug-likeness (QED) is 0.444. The lowest BCUT2D eigenvalue weighted by atomic mass is 10.1. The number of hydrogen-bond acceptors (Lipinski definition) is 5. The fourth-order valence-electron chi connectivity index (χ4n) is 1.83. The SMILES string of the molecule is CC(C)CCCCNc1ccc([N+](=O)[O-])cc1[N+](=O)[O-]. The number of anilines is 1. The van der Waals surface area contributed by atoms with Crippen LogP contribution in [-0.4, -0.2) is 16.4 Å². The lowest BCUT2D eigenvalue weighted by Crippen LogP contribution is -2.05. The third-order valence-electron chi connectivity index (χ3n) is 2.91. The van der Waals surface area contributed by atoms with Crippen LogP contribution in [0.4, 0.5) is 17.1 Å². The molecular weight excluding hydrogens is 262 g/mol. The number of rotatable bonds is 8. The summed E-state index contributed by atoms with van der Waals surface area (Å²) in [6, 6.07) is 3.64. The molecule has 0 fully saturated rings. The largest absolute Gasteiger partial charge is 0.379 e. The van der Waals surface area contributed by atoms with Crippen molar-refractivity contribution in [3.8, 4) is 0 Å². The zero-order valence-electron chi connectivity index (χ0n) is 11.7. The lowest BCUT2D eigenvalue weighted by Gasteiger charge is -2.08. The summed E-state index contributed by atoms with van der Waals surface area (Å²) in [7, 11) is 0. The molecule has 0 amide bonds. The first-order chi connectivity index (χ1) is 9.41. The van der Waals surface area contributed by atoms with Crippen molar-refractivity contribution in [2.75, 3.05) is 11.9 Å². The van der Waals surface area contributed by atoms with Crippen LogP contribution in [0.5, 0.6) is 0 Å². The van der Waals surface area contributed by atoms with Crippen molar-refractivity contribution in [3.63, 3.8) is 0 Å². The van der Waals surface area contributed by atoms with E-state index in [4.69, 9.17) is 0 Å². The van der Waals surface area contributed by atoms with Crippen LogP contribution in [0.25, 0.3) is 0 Å². The normalized spacial score (nSPS) is 10.6. The molecule has 1 rings (SSSR count). The van der Waals surface area contributed by atoms with E-state index < -0.39 is 9.85 Å². The minimum Gasteiger partial charge on any atom is -0.379 e. The number of hydrogen-bond donors (Lipinski definition) is 1. The maximum Gasteiger partial charge on any atom is 0.299 e. The molecule has 0 bridgehead atoms. The molecule has 7 nitrogen and oxygen atoms in total. The Morgan fingerprint density at radius 2 is 1.85 bits per heavy atom. The molecule has 0 aliphatic carbocycles. The van der Waals surface area contributed by atoms with Gasteiger partial charge >= 0.3 is 0 Å². The van der Waals surface area contributed by atoms with Gasteiger partial charge in [-0.25, -0.2) is 0 Å². The Balaban J connectivity index is 2.65. The highest BCUT2D eigenvalue weighted by atomic mass is 16.6. The van der Waals surface area contributed by atoms with Gasteiger partial charge < -0.3 is 5.32 Å². The van der Waals surface area contributed by atoms with E-state index in [0.29, 0.717) is 18.2 Å². The Bertz CT molecular complexity index is 489. The first-order valence-corrected chi connectivity index (χ1v) is 6.58. The monoisotopic (exact) mass is 281 g/mol. The second kappa shape index (κ2) is 7.42. The van der Waals surface area contributed by atoms with E-state index in [9.17, 15) is 20.2 Å². The summed E-state index contributed by atoms with van der Waals surface area (Å²) >= 11 is 0. The van der Waals surface area contributed by atoms with Crippen LogP contribution >= 0.6 is 0 Å². The summed E-state index contributed by atoms with van der Waals surface area (Å²) in [5, 5.41) is 24.5. The van der Waals surface area contributed by atoms with Gasteiger partial charge in [0.1, 0.15) is 5.69 Å². The zero-order chi connectivity index (χ0) is 15.1. The highest BCUT2D eigenvalue weighted by Crippen LogP contribution is 2.28. The second-order valence-corrected chi connectivity index (χ2v) is 5.03. The number of non-ortho nitro benzene ring substituents is 1. The standard InChI is InChI=1S/C13H19N3O4/c1-10(2)5-3-4-8-14-12-7-6-11(15(17)18)9-13(12)16(19)20/h6-7,9-10,14H,3-5,8H2,1-2H3. The van der Waals surface area contributed by atoms with Crippen LogP contribution in [0.1, 0.15) is 33.1 Å². The van der Waals surface area contributed by atoms with E-state index in [1.54, 1.807) is 0 Å². The first-order valence-electron chi connectivity index (χ1n) is 6.58. The van der Waals surface area contributed by atoms with E-state index in [0.717, 1.165) is 25.3 Å². The Morgan fingerprint density at radius 3 is 2.40 bits per heavy atom. The average Bonchev–Trinajstić information content (AvgIpc) is 2.37. The number of nitro groups is 2. The summed E-state index contributed by atoms with van der Waals surface area (Å²) in [4.78, 5) is 20.3. The fourth-order valence-corrected chi connectivity index (χ4v) is 1.83. The van der Waals surface area contributed by atoms with E-state index in [-0.39, 0.29) is 11.4 Å². The molecule has 0 spiro atoms. The van der Waals surface area contributed by atoms with Gasteiger partial charge in [0.2, 0.25) is 0 Å². The van der Waals surface area contributed by atoms with Crippen molar-refractivity contribution in [2.45, 2.75) is 33.1 Å². The summed E-state index contributed by atoms with van der Waals surface area (Å²) in [5.41, 5.74) is -0.213. The molecule has 0 unspecified atom stereocenters. The number of nitrogens with one attached hydrogen (secondary N) is 1. The molecule has 1 aromatic rings. The van der Waals surface area contributed by atoms with E-state index in [2.05, 4.69) is 19.2 Å². The molecule has 20 heavy (non-hydrogen) atoms. The highest BCUT2D eigenvalue weighted by molar-refractivity contribution is 5.65. The highest BCUT2D eigenvalue weighted by Gasteiger charge is 2.18. The number of unbranched alkanes of at least 4 members (excludes halogenated alkanes) is 1. The van der Waals surface area contributed by atoms with E-state index in [1.807, 2.05) is 0 Å². The fraction of sp³-hybridized carbons (Fsp3) is 0.538. The molecule has 1 aromatic carbocycles. The number of nitro benzene ring substituents is 2. The van der Waals surface area contributed by atoms with Crippen molar-refractivity contribution in [3.05, 3.63) is 38.4 Å². The molecule has 0 radical (unpaired) electrons. The van der Waals surface area contributed by atoms with Gasteiger partial charge in [-0.15, -0.1) is 0 Å². The molecule has 0 saturated heterocycles. The molecule has 0 atom stereocenters. The molecule has 0 aliphatic heterocycles. The van der Waals surface area contributed by atoms with Gasteiger partial charge in [-0.05, 0) is 18.4 Å². The summed E-state index contributed by atoms with van der Waals surface area (Å²) in [5.74, 6) is 0.642. The summed E-state index contributed by atoms with van der Waals surface area (Å²) < 4.78 is 0. The van der Waals surface area contributed by atoms with Gasteiger partial charge in [-0.2, -0.15) is 0 Å². The third kappa shape index (κ3) is 4.83. The average molecular weight is 281 g/mol. The predicted molar refractivity (Wildman–Crippen MR) is 76.9 cm³/mol. The van der Waals surface area contributed by atoms with Crippen LogP contribution in [-0.2, 0) is 0 Å². The Hall–Kier alpha value is -2.18. The van der Waals surface area contributed by atoms with Gasteiger partial charge in [-0.3, -0.25) is 20.2 Å². The topological polar surface area (TPSA) is 98.3 Å². The lowest BCUT2D eigenvalue weighted by molar-refractivity contribution is -0.393. The van der Waals surface area contributed by atoms with Crippen LogP contribution in [0, 0.1) is 26.1 Å². The van der Waals surface area contributed by atoms with Gasteiger partial charge in [-0.1, -0.05) is 26.7 Å². The first kappa shape index (κ1) is 15.9. The van der Waals surface area contributed by atoms with Gasteiger partial charge in [0, 0.05) is 12.6 Å².